The third-order valence-electron chi connectivity index (χ3n) is 5.53. The summed E-state index contributed by atoms with van der Waals surface area (Å²) in [6.45, 7) is 8.51. The van der Waals surface area contributed by atoms with Gasteiger partial charge in [0.1, 0.15) is 0 Å². The molecule has 0 radical (unpaired) electrons. The summed E-state index contributed by atoms with van der Waals surface area (Å²) in [6, 6.07) is 13.5. The summed E-state index contributed by atoms with van der Waals surface area (Å²) in [5, 5.41) is 28.7. The van der Waals surface area contributed by atoms with E-state index in [1.165, 1.54) is 0 Å². The van der Waals surface area contributed by atoms with E-state index in [1.54, 1.807) is 24.3 Å². The van der Waals surface area contributed by atoms with Crippen molar-refractivity contribution in [1.82, 2.24) is 20.4 Å². The number of non-ortho nitro benzene ring substituents is 2. The number of nitrogens with one attached hydrogen (secondary N) is 2. The molecule has 2 aromatic carbocycles. The number of nitro benzene ring substituents is 2. The lowest BCUT2D eigenvalue weighted by atomic mass is 10.2. The van der Waals surface area contributed by atoms with Gasteiger partial charge < -0.3 is 10.6 Å². The van der Waals surface area contributed by atoms with Crippen LogP contribution in [0.2, 0.25) is 0 Å². The Morgan fingerprint density at radius 3 is 1.22 bits per heavy atom. The highest BCUT2D eigenvalue weighted by atomic mass is 16.6. The van der Waals surface area contributed by atoms with Gasteiger partial charge in [0.25, 0.3) is 11.4 Å². The van der Waals surface area contributed by atoms with Crippen molar-refractivity contribution in [2.75, 3.05) is 52.4 Å². The van der Waals surface area contributed by atoms with E-state index >= 15 is 0 Å². The molecule has 32 heavy (non-hydrogen) atoms. The van der Waals surface area contributed by atoms with Gasteiger partial charge in [0.2, 0.25) is 0 Å². The summed E-state index contributed by atoms with van der Waals surface area (Å²) in [5.74, 6) is 0. The molecule has 1 aliphatic heterocycles. The predicted octanol–water partition coefficient (Wildman–Crippen LogP) is 2.00. The van der Waals surface area contributed by atoms with Crippen LogP contribution >= 0.6 is 0 Å². The average molecular weight is 443 g/mol. The van der Waals surface area contributed by atoms with Crippen molar-refractivity contribution in [1.29, 1.82) is 0 Å². The molecular weight excluding hydrogens is 412 g/mol. The maximum absolute atomic E-state index is 10.8. The second-order valence-corrected chi connectivity index (χ2v) is 7.90. The lowest BCUT2D eigenvalue weighted by Crippen LogP contribution is -2.42. The molecule has 10 nitrogen and oxygen atoms in total. The molecule has 0 amide bonds. The molecule has 1 heterocycles. The Hall–Kier alpha value is -2.92. The molecular formula is C22H30N6O4. The zero-order valence-corrected chi connectivity index (χ0v) is 18.1. The molecule has 10 heteroatoms. The standard InChI is InChI=1S/C22H30N6O4/c29-27(30)21-5-1-19(2-6-21)17-25-13-9-23-11-15-26(16-12-24-10-14-25)18-20-3-7-22(8-4-20)28(31)32/h1-8,23-24H,9-18H2. The first-order chi connectivity index (χ1) is 15.5. The topological polar surface area (TPSA) is 117 Å². The number of nitrogens with zero attached hydrogens (tertiary/aromatic N) is 4. The Kier molecular flexibility index (Phi) is 9.05. The van der Waals surface area contributed by atoms with Crippen LogP contribution < -0.4 is 10.6 Å². The predicted molar refractivity (Wildman–Crippen MR) is 122 cm³/mol. The van der Waals surface area contributed by atoms with E-state index < -0.39 is 0 Å². The zero-order chi connectivity index (χ0) is 22.8. The summed E-state index contributed by atoms with van der Waals surface area (Å²) in [4.78, 5) is 25.6. The van der Waals surface area contributed by atoms with Crippen molar-refractivity contribution in [3.05, 3.63) is 79.9 Å². The maximum atomic E-state index is 10.8. The molecule has 3 rings (SSSR count). The van der Waals surface area contributed by atoms with Crippen LogP contribution in [-0.4, -0.2) is 72.0 Å². The molecule has 1 saturated heterocycles. The van der Waals surface area contributed by atoms with Gasteiger partial charge in [0, 0.05) is 89.7 Å². The van der Waals surface area contributed by atoms with Gasteiger partial charge in [-0.15, -0.1) is 0 Å². The van der Waals surface area contributed by atoms with Crippen LogP contribution in [0.4, 0.5) is 11.4 Å². The third kappa shape index (κ3) is 7.65. The number of rotatable bonds is 6. The van der Waals surface area contributed by atoms with Crippen LogP contribution in [0, 0.1) is 20.2 Å². The zero-order valence-electron chi connectivity index (χ0n) is 18.1. The van der Waals surface area contributed by atoms with Crippen LogP contribution in [0.15, 0.2) is 48.5 Å². The molecule has 0 saturated carbocycles. The van der Waals surface area contributed by atoms with Crippen LogP contribution in [0.3, 0.4) is 0 Å². The maximum Gasteiger partial charge on any atom is 0.269 e. The first kappa shape index (κ1) is 23.7. The van der Waals surface area contributed by atoms with Gasteiger partial charge in [0.05, 0.1) is 9.85 Å². The number of hydrogen-bond donors (Lipinski definition) is 2. The van der Waals surface area contributed by atoms with Gasteiger partial charge in [-0.25, -0.2) is 0 Å². The first-order valence-corrected chi connectivity index (χ1v) is 10.8. The molecule has 172 valence electrons. The summed E-state index contributed by atoms with van der Waals surface area (Å²) >= 11 is 0. The smallest absolute Gasteiger partial charge is 0.269 e. The molecule has 0 aliphatic carbocycles. The summed E-state index contributed by atoms with van der Waals surface area (Å²) in [6.07, 6.45) is 0. The molecule has 1 fully saturated rings. The van der Waals surface area contributed by atoms with Gasteiger partial charge >= 0.3 is 0 Å². The van der Waals surface area contributed by atoms with Gasteiger partial charge in [-0.1, -0.05) is 24.3 Å². The molecule has 0 spiro atoms. The first-order valence-electron chi connectivity index (χ1n) is 10.8. The SMILES string of the molecule is O=[N+]([O-])c1ccc(CN2CCNCCN(Cc3ccc([N+](=O)[O-])cc3)CCNCC2)cc1. The van der Waals surface area contributed by atoms with Gasteiger partial charge in [-0.3, -0.25) is 30.0 Å². The fourth-order valence-electron chi connectivity index (χ4n) is 3.70. The normalized spacial score (nSPS) is 17.2. The van der Waals surface area contributed by atoms with E-state index in [0.29, 0.717) is 0 Å². The summed E-state index contributed by atoms with van der Waals surface area (Å²) < 4.78 is 0. The van der Waals surface area contributed by atoms with Crippen molar-refractivity contribution in [3.8, 4) is 0 Å². The Morgan fingerprint density at radius 1 is 0.625 bits per heavy atom. The Labute approximate surface area is 187 Å². The molecule has 0 atom stereocenters. The second kappa shape index (κ2) is 12.2. The number of hydrogen-bond acceptors (Lipinski definition) is 8. The van der Waals surface area contributed by atoms with E-state index in [1.807, 2.05) is 24.3 Å². The Bertz CT molecular complexity index is 789. The lowest BCUT2D eigenvalue weighted by Gasteiger charge is -2.27. The molecule has 2 N–H and O–H groups in total. The van der Waals surface area contributed by atoms with E-state index in [2.05, 4.69) is 20.4 Å². The van der Waals surface area contributed by atoms with Crippen molar-refractivity contribution >= 4 is 11.4 Å². The Morgan fingerprint density at radius 2 is 0.938 bits per heavy atom. The number of benzene rings is 2. The van der Waals surface area contributed by atoms with Crippen LogP contribution in [-0.2, 0) is 13.1 Å². The lowest BCUT2D eigenvalue weighted by molar-refractivity contribution is -0.385. The third-order valence-corrected chi connectivity index (χ3v) is 5.53. The quantitative estimate of drug-likeness (QED) is 0.515. The molecule has 0 unspecified atom stereocenters. The van der Waals surface area contributed by atoms with Crippen LogP contribution in [0.25, 0.3) is 0 Å². The largest absolute Gasteiger partial charge is 0.314 e. The van der Waals surface area contributed by atoms with E-state index in [9.17, 15) is 20.2 Å². The van der Waals surface area contributed by atoms with Crippen molar-refractivity contribution in [3.63, 3.8) is 0 Å². The van der Waals surface area contributed by atoms with Gasteiger partial charge in [0.15, 0.2) is 0 Å². The van der Waals surface area contributed by atoms with E-state index in [4.69, 9.17) is 0 Å². The molecule has 0 bridgehead atoms. The minimum Gasteiger partial charge on any atom is -0.314 e. The fraction of sp³-hybridized carbons (Fsp3) is 0.455. The minimum atomic E-state index is -0.376. The van der Waals surface area contributed by atoms with E-state index in [-0.39, 0.29) is 21.2 Å². The highest BCUT2D eigenvalue weighted by Gasteiger charge is 2.12. The number of nitro groups is 2. The van der Waals surface area contributed by atoms with Gasteiger partial charge in [-0.2, -0.15) is 0 Å². The van der Waals surface area contributed by atoms with Crippen LogP contribution in [0.5, 0.6) is 0 Å². The van der Waals surface area contributed by atoms with Crippen LogP contribution in [0.1, 0.15) is 11.1 Å². The highest BCUT2D eigenvalue weighted by molar-refractivity contribution is 5.33. The van der Waals surface area contributed by atoms with E-state index in [0.717, 1.165) is 76.6 Å². The monoisotopic (exact) mass is 442 g/mol. The van der Waals surface area contributed by atoms with Crippen molar-refractivity contribution in [2.24, 2.45) is 0 Å². The minimum absolute atomic E-state index is 0.115. The summed E-state index contributed by atoms with van der Waals surface area (Å²) in [7, 11) is 0. The van der Waals surface area contributed by atoms with Gasteiger partial charge in [-0.05, 0) is 11.1 Å². The average Bonchev–Trinajstić information content (AvgIpc) is 2.77. The second-order valence-electron chi connectivity index (χ2n) is 7.90. The highest BCUT2D eigenvalue weighted by Crippen LogP contribution is 2.14. The Balaban J connectivity index is 1.48. The molecule has 0 aromatic heterocycles. The fourth-order valence-corrected chi connectivity index (χ4v) is 3.70. The summed E-state index contributed by atoms with van der Waals surface area (Å²) in [5.41, 5.74) is 2.36. The van der Waals surface area contributed by atoms with Crippen molar-refractivity contribution < 1.29 is 9.85 Å². The molecule has 2 aromatic rings. The molecule has 1 aliphatic rings. The van der Waals surface area contributed by atoms with Crippen molar-refractivity contribution in [2.45, 2.75) is 13.1 Å².